The lowest BCUT2D eigenvalue weighted by atomic mass is 9.89. The second-order valence-corrected chi connectivity index (χ2v) is 6.22. The Hall–Kier alpha value is -1.23. The van der Waals surface area contributed by atoms with Crippen molar-refractivity contribution in [3.05, 3.63) is 52.5 Å². The second kappa shape index (κ2) is 11.4. The zero-order valence-corrected chi connectivity index (χ0v) is 14.6. The molecular formula is C18H28N2OS. The van der Waals surface area contributed by atoms with E-state index in [-0.39, 0.29) is 0 Å². The molecule has 1 atom stereocenters. The highest BCUT2D eigenvalue weighted by molar-refractivity contribution is 7.09. The Bertz CT molecular complexity index is 491. The normalized spacial score (nSPS) is 13.7. The van der Waals surface area contributed by atoms with Crippen LogP contribution in [0, 0.1) is 6.92 Å². The monoisotopic (exact) mass is 320 g/mol. The fraction of sp³-hybridized carbons (Fsp3) is 0.500. The number of nitrogens with zero attached hydrogens (tertiary/aromatic N) is 1. The van der Waals surface area contributed by atoms with Crippen LogP contribution in [0.5, 0.6) is 0 Å². The number of aromatic nitrogens is 1. The van der Waals surface area contributed by atoms with Crippen LogP contribution >= 0.6 is 11.3 Å². The minimum Gasteiger partial charge on any atom is -0.305 e. The summed E-state index contributed by atoms with van der Waals surface area (Å²) in [6, 6.07) is 0. The fourth-order valence-corrected chi connectivity index (χ4v) is 3.56. The molecule has 0 aliphatic carbocycles. The third-order valence-electron chi connectivity index (χ3n) is 3.68. The maximum atomic E-state index is 5.05. The van der Waals surface area contributed by atoms with Crippen LogP contribution in [0.2, 0.25) is 0 Å². The Morgan fingerprint density at radius 3 is 2.77 bits per heavy atom. The molecular weight excluding hydrogens is 292 g/mol. The molecule has 0 spiro atoms. The van der Waals surface area contributed by atoms with Gasteiger partial charge in [0.05, 0.1) is 17.8 Å². The standard InChI is InChI=1S/C18H28N2OS/c1-4-10-16(11-5-2)17(18-15(3)20-14-22-18)12-8-6-7-9-13-21-19/h4-5,10-11,14,17H,1,6-9,12-13,19H2,2-3H3/b11-5-,16-10+. The topological polar surface area (TPSA) is 48.1 Å². The molecule has 0 radical (unpaired) electrons. The van der Waals surface area contributed by atoms with Gasteiger partial charge in [-0.05, 0) is 32.3 Å². The maximum absolute atomic E-state index is 5.05. The molecule has 0 fully saturated rings. The Balaban J connectivity index is 2.73. The molecule has 1 unspecified atom stereocenters. The van der Waals surface area contributed by atoms with E-state index in [9.17, 15) is 0 Å². The molecule has 0 saturated heterocycles. The number of hydrogen-bond donors (Lipinski definition) is 1. The maximum Gasteiger partial charge on any atom is 0.0797 e. The van der Waals surface area contributed by atoms with E-state index in [1.807, 2.05) is 11.6 Å². The van der Waals surface area contributed by atoms with Crippen LogP contribution in [0.15, 0.2) is 42.0 Å². The molecule has 0 aromatic carbocycles. The molecule has 1 heterocycles. The Labute approximate surface area is 138 Å². The number of nitrogens with two attached hydrogens (primary N) is 1. The third kappa shape index (κ3) is 6.26. The minimum atomic E-state index is 0.410. The number of thiazole rings is 1. The van der Waals surface area contributed by atoms with Crippen molar-refractivity contribution in [2.24, 2.45) is 5.90 Å². The van der Waals surface area contributed by atoms with Crippen molar-refractivity contribution >= 4 is 11.3 Å². The Kier molecular flexibility index (Phi) is 9.71. The highest BCUT2D eigenvalue weighted by Gasteiger charge is 2.18. The van der Waals surface area contributed by atoms with Crippen molar-refractivity contribution in [3.63, 3.8) is 0 Å². The number of rotatable bonds is 11. The predicted octanol–water partition coefficient (Wildman–Crippen LogP) is 5.06. The summed E-state index contributed by atoms with van der Waals surface area (Å²) in [5, 5.41) is 0. The van der Waals surface area contributed by atoms with Crippen LogP contribution in [-0.2, 0) is 4.84 Å². The van der Waals surface area contributed by atoms with Gasteiger partial charge in [-0.2, -0.15) is 0 Å². The molecule has 0 amide bonds. The lowest BCUT2D eigenvalue weighted by molar-refractivity contribution is 0.133. The van der Waals surface area contributed by atoms with E-state index >= 15 is 0 Å². The molecule has 0 bridgehead atoms. The van der Waals surface area contributed by atoms with E-state index in [0.717, 1.165) is 25.0 Å². The molecule has 0 aliphatic rings. The molecule has 0 aliphatic heterocycles. The molecule has 0 saturated carbocycles. The van der Waals surface area contributed by atoms with Gasteiger partial charge in [0, 0.05) is 10.8 Å². The van der Waals surface area contributed by atoms with Gasteiger partial charge in [-0.3, -0.25) is 0 Å². The van der Waals surface area contributed by atoms with Gasteiger partial charge in [0.1, 0.15) is 0 Å². The largest absolute Gasteiger partial charge is 0.305 e. The van der Waals surface area contributed by atoms with Crippen molar-refractivity contribution in [2.75, 3.05) is 6.61 Å². The summed E-state index contributed by atoms with van der Waals surface area (Å²) in [5.74, 6) is 5.46. The van der Waals surface area contributed by atoms with Crippen molar-refractivity contribution < 1.29 is 4.84 Å². The molecule has 1 rings (SSSR count). The van der Waals surface area contributed by atoms with E-state index in [0.29, 0.717) is 12.5 Å². The molecule has 22 heavy (non-hydrogen) atoms. The Morgan fingerprint density at radius 1 is 1.41 bits per heavy atom. The minimum absolute atomic E-state index is 0.410. The summed E-state index contributed by atoms with van der Waals surface area (Å²) >= 11 is 1.75. The molecule has 122 valence electrons. The summed E-state index contributed by atoms with van der Waals surface area (Å²) in [6.45, 7) is 8.65. The van der Waals surface area contributed by atoms with Crippen molar-refractivity contribution in [2.45, 2.75) is 51.9 Å². The van der Waals surface area contributed by atoms with Gasteiger partial charge < -0.3 is 4.84 Å². The fourth-order valence-electron chi connectivity index (χ4n) is 2.60. The summed E-state index contributed by atoms with van der Waals surface area (Å²) in [6.07, 6.45) is 14.0. The van der Waals surface area contributed by atoms with Crippen LogP contribution in [0.1, 0.15) is 55.5 Å². The van der Waals surface area contributed by atoms with E-state index in [4.69, 9.17) is 5.90 Å². The predicted molar refractivity (Wildman–Crippen MR) is 95.9 cm³/mol. The number of allylic oxidation sites excluding steroid dienone is 5. The third-order valence-corrected chi connectivity index (χ3v) is 4.72. The lowest BCUT2D eigenvalue weighted by Crippen LogP contribution is -2.03. The van der Waals surface area contributed by atoms with E-state index in [1.54, 1.807) is 11.3 Å². The van der Waals surface area contributed by atoms with Gasteiger partial charge in [0.15, 0.2) is 0 Å². The highest BCUT2D eigenvalue weighted by Crippen LogP contribution is 2.35. The van der Waals surface area contributed by atoms with E-state index < -0.39 is 0 Å². The Morgan fingerprint density at radius 2 is 2.18 bits per heavy atom. The van der Waals surface area contributed by atoms with Gasteiger partial charge >= 0.3 is 0 Å². The highest BCUT2D eigenvalue weighted by atomic mass is 32.1. The van der Waals surface area contributed by atoms with E-state index in [1.165, 1.54) is 23.3 Å². The first-order valence-electron chi connectivity index (χ1n) is 7.91. The van der Waals surface area contributed by atoms with Crippen molar-refractivity contribution in [1.29, 1.82) is 0 Å². The van der Waals surface area contributed by atoms with Crippen LogP contribution < -0.4 is 5.90 Å². The molecule has 2 N–H and O–H groups in total. The summed E-state index contributed by atoms with van der Waals surface area (Å²) < 4.78 is 0. The van der Waals surface area contributed by atoms with Gasteiger partial charge in [-0.15, -0.1) is 11.3 Å². The first-order chi connectivity index (χ1) is 10.7. The zero-order valence-electron chi connectivity index (χ0n) is 13.8. The zero-order chi connectivity index (χ0) is 16.2. The van der Waals surface area contributed by atoms with Crippen LogP contribution in [0.4, 0.5) is 0 Å². The molecule has 1 aromatic heterocycles. The second-order valence-electron chi connectivity index (χ2n) is 5.33. The van der Waals surface area contributed by atoms with Gasteiger partial charge in [0.2, 0.25) is 0 Å². The molecule has 4 heteroatoms. The van der Waals surface area contributed by atoms with Crippen LogP contribution in [0.3, 0.4) is 0 Å². The van der Waals surface area contributed by atoms with Crippen LogP contribution in [-0.4, -0.2) is 11.6 Å². The van der Waals surface area contributed by atoms with E-state index in [2.05, 4.69) is 48.5 Å². The van der Waals surface area contributed by atoms with Gasteiger partial charge in [-0.25, -0.2) is 10.9 Å². The SMILES string of the molecule is C=C/C=C(\C=C/C)C(CCCCCCON)c1scnc1C. The summed E-state index contributed by atoms with van der Waals surface area (Å²) in [4.78, 5) is 10.4. The van der Waals surface area contributed by atoms with Gasteiger partial charge in [-0.1, -0.05) is 50.1 Å². The molecule has 3 nitrogen and oxygen atoms in total. The molecule has 1 aromatic rings. The average molecular weight is 321 g/mol. The first kappa shape index (κ1) is 18.8. The van der Waals surface area contributed by atoms with Crippen LogP contribution in [0.25, 0.3) is 0 Å². The number of hydrogen-bond acceptors (Lipinski definition) is 4. The lowest BCUT2D eigenvalue weighted by Gasteiger charge is -2.18. The first-order valence-corrected chi connectivity index (χ1v) is 8.79. The smallest absolute Gasteiger partial charge is 0.0797 e. The summed E-state index contributed by atoms with van der Waals surface area (Å²) in [7, 11) is 0. The quantitative estimate of drug-likeness (QED) is 0.352. The van der Waals surface area contributed by atoms with Gasteiger partial charge in [0.25, 0.3) is 0 Å². The number of aryl methyl sites for hydroxylation is 1. The van der Waals surface area contributed by atoms with Crippen molar-refractivity contribution in [3.8, 4) is 0 Å². The average Bonchev–Trinajstić information content (AvgIpc) is 2.93. The summed E-state index contributed by atoms with van der Waals surface area (Å²) in [5.41, 5.74) is 4.40. The van der Waals surface area contributed by atoms with Crippen molar-refractivity contribution in [1.82, 2.24) is 4.98 Å². The number of unbranched alkanes of at least 4 members (excludes halogenated alkanes) is 3.